The molecule has 1 aromatic heterocycles. The number of sulfonamides is 1. The first-order valence-electron chi connectivity index (χ1n) is 7.20. The van der Waals surface area contributed by atoms with Crippen LogP contribution in [0.15, 0.2) is 4.52 Å². The Balaban J connectivity index is 1.96. The topological polar surface area (TPSA) is 85.5 Å². The van der Waals surface area contributed by atoms with Crippen molar-refractivity contribution in [2.24, 2.45) is 5.92 Å². The molecule has 2 heterocycles. The molecule has 1 saturated heterocycles. The third kappa shape index (κ3) is 4.49. The molecule has 0 bridgehead atoms. The summed E-state index contributed by atoms with van der Waals surface area (Å²) < 4.78 is 36.3. The highest BCUT2D eigenvalue weighted by atomic mass is 32.2. The first-order chi connectivity index (χ1) is 9.90. The van der Waals surface area contributed by atoms with Gasteiger partial charge in [0.05, 0.1) is 11.9 Å². The van der Waals surface area contributed by atoms with E-state index >= 15 is 0 Å². The summed E-state index contributed by atoms with van der Waals surface area (Å²) in [6.07, 6.45) is 2.21. The van der Waals surface area contributed by atoms with Crippen LogP contribution in [0.4, 0.5) is 0 Å². The van der Waals surface area contributed by atoms with Gasteiger partial charge in [-0.25, -0.2) is 12.7 Å². The highest BCUT2D eigenvalue weighted by Crippen LogP contribution is 2.22. The summed E-state index contributed by atoms with van der Waals surface area (Å²) in [4.78, 5) is 4.19. The summed E-state index contributed by atoms with van der Waals surface area (Å²) in [7, 11) is -1.75. The Hall–Kier alpha value is -0.990. The molecule has 0 radical (unpaired) electrons. The fourth-order valence-electron chi connectivity index (χ4n) is 2.60. The molecule has 7 nitrogen and oxygen atoms in total. The maximum atomic E-state index is 12.4. The van der Waals surface area contributed by atoms with Gasteiger partial charge in [-0.2, -0.15) is 4.98 Å². The van der Waals surface area contributed by atoms with Crippen molar-refractivity contribution in [2.75, 3.05) is 26.0 Å². The van der Waals surface area contributed by atoms with Crippen LogP contribution in [0.1, 0.15) is 31.5 Å². The Morgan fingerprint density at radius 2 is 2.29 bits per heavy atom. The lowest BCUT2D eigenvalue weighted by atomic mass is 9.96. The van der Waals surface area contributed by atoms with Crippen molar-refractivity contribution in [3.8, 4) is 0 Å². The van der Waals surface area contributed by atoms with Crippen molar-refractivity contribution in [3.05, 3.63) is 11.7 Å². The number of rotatable bonds is 6. The lowest BCUT2D eigenvalue weighted by molar-refractivity contribution is 0.134. The molecule has 0 saturated carbocycles. The SMILES string of the molecule is CO[C@@H](C)CS(=O)(=O)N1CCC[C@@H](Cc2noc(C)n2)C1. The van der Waals surface area contributed by atoms with E-state index in [-0.39, 0.29) is 17.8 Å². The lowest BCUT2D eigenvalue weighted by Crippen LogP contribution is -2.43. The fraction of sp³-hybridized carbons (Fsp3) is 0.846. The van der Waals surface area contributed by atoms with Crippen LogP contribution in [0.25, 0.3) is 0 Å². The summed E-state index contributed by atoms with van der Waals surface area (Å²) in [6.45, 7) is 4.62. The van der Waals surface area contributed by atoms with Crippen LogP contribution in [0.5, 0.6) is 0 Å². The number of aromatic nitrogens is 2. The van der Waals surface area contributed by atoms with E-state index in [1.807, 2.05) is 0 Å². The zero-order valence-electron chi connectivity index (χ0n) is 12.8. The Morgan fingerprint density at radius 3 is 2.90 bits per heavy atom. The first kappa shape index (κ1) is 16.4. The van der Waals surface area contributed by atoms with Gasteiger partial charge in [-0.05, 0) is 25.7 Å². The number of piperidine rings is 1. The number of aryl methyl sites for hydroxylation is 1. The molecule has 0 N–H and O–H groups in total. The molecular weight excluding hydrogens is 294 g/mol. The highest BCUT2D eigenvalue weighted by Gasteiger charge is 2.30. The van der Waals surface area contributed by atoms with Crippen molar-refractivity contribution in [1.29, 1.82) is 0 Å². The van der Waals surface area contributed by atoms with Gasteiger partial charge < -0.3 is 9.26 Å². The van der Waals surface area contributed by atoms with Crippen molar-refractivity contribution in [2.45, 2.75) is 39.2 Å². The summed E-state index contributed by atoms with van der Waals surface area (Å²) in [5.41, 5.74) is 0. The second-order valence-electron chi connectivity index (χ2n) is 5.62. The summed E-state index contributed by atoms with van der Waals surface area (Å²) in [5, 5.41) is 3.88. The Bertz CT molecular complexity index is 558. The molecule has 1 fully saturated rings. The van der Waals surface area contributed by atoms with Gasteiger partial charge in [0.15, 0.2) is 5.82 Å². The molecule has 8 heteroatoms. The van der Waals surface area contributed by atoms with Gasteiger partial charge in [0.25, 0.3) is 0 Å². The quantitative estimate of drug-likeness (QED) is 0.778. The van der Waals surface area contributed by atoms with Gasteiger partial charge in [0.1, 0.15) is 0 Å². The minimum Gasteiger partial charge on any atom is -0.381 e. The van der Waals surface area contributed by atoms with Crippen LogP contribution in [0.3, 0.4) is 0 Å². The molecule has 0 amide bonds. The second-order valence-corrected chi connectivity index (χ2v) is 7.64. The first-order valence-corrected chi connectivity index (χ1v) is 8.81. The van der Waals surface area contributed by atoms with E-state index in [0.29, 0.717) is 31.2 Å². The van der Waals surface area contributed by atoms with E-state index in [1.165, 1.54) is 7.11 Å². The van der Waals surface area contributed by atoms with Gasteiger partial charge in [-0.3, -0.25) is 0 Å². The molecule has 120 valence electrons. The van der Waals surface area contributed by atoms with E-state index in [9.17, 15) is 8.42 Å². The normalized spacial score (nSPS) is 22.3. The molecule has 21 heavy (non-hydrogen) atoms. The van der Waals surface area contributed by atoms with E-state index < -0.39 is 10.0 Å². The third-order valence-electron chi connectivity index (χ3n) is 3.76. The van der Waals surface area contributed by atoms with Gasteiger partial charge in [0, 0.05) is 33.5 Å². The largest absolute Gasteiger partial charge is 0.381 e. The monoisotopic (exact) mass is 317 g/mol. The minimum atomic E-state index is -3.27. The third-order valence-corrected chi connectivity index (χ3v) is 5.77. The molecule has 1 aliphatic heterocycles. The summed E-state index contributed by atoms with van der Waals surface area (Å²) in [5.74, 6) is 1.46. The summed E-state index contributed by atoms with van der Waals surface area (Å²) in [6, 6.07) is 0. The van der Waals surface area contributed by atoms with Crippen molar-refractivity contribution < 1.29 is 17.7 Å². The van der Waals surface area contributed by atoms with Gasteiger partial charge in [-0.15, -0.1) is 0 Å². The predicted molar refractivity (Wildman–Crippen MR) is 77.3 cm³/mol. The molecule has 2 rings (SSSR count). The molecule has 0 aliphatic carbocycles. The van der Waals surface area contributed by atoms with Crippen LogP contribution in [0, 0.1) is 12.8 Å². The minimum absolute atomic E-state index is 0.0253. The molecule has 0 unspecified atom stereocenters. The highest BCUT2D eigenvalue weighted by molar-refractivity contribution is 7.89. The van der Waals surface area contributed by atoms with Crippen LogP contribution < -0.4 is 0 Å². The Morgan fingerprint density at radius 1 is 1.52 bits per heavy atom. The number of hydrogen-bond donors (Lipinski definition) is 0. The number of hydrogen-bond acceptors (Lipinski definition) is 6. The summed E-state index contributed by atoms with van der Waals surface area (Å²) >= 11 is 0. The van der Waals surface area contributed by atoms with Crippen LogP contribution in [-0.2, 0) is 21.2 Å². The number of methoxy groups -OCH3 is 1. The lowest BCUT2D eigenvalue weighted by Gasteiger charge is -2.32. The van der Waals surface area contributed by atoms with Crippen molar-refractivity contribution in [3.63, 3.8) is 0 Å². The van der Waals surface area contributed by atoms with Crippen molar-refractivity contribution in [1.82, 2.24) is 14.4 Å². The molecular formula is C13H23N3O4S. The van der Waals surface area contributed by atoms with Crippen LogP contribution in [-0.4, -0.2) is 54.9 Å². The second kappa shape index (κ2) is 6.85. The van der Waals surface area contributed by atoms with Gasteiger partial charge in [0.2, 0.25) is 15.9 Å². The fourth-order valence-corrected chi connectivity index (χ4v) is 4.38. The van der Waals surface area contributed by atoms with E-state index in [4.69, 9.17) is 9.26 Å². The molecule has 1 aliphatic rings. The Labute approximate surface area is 125 Å². The number of nitrogens with zero attached hydrogens (tertiary/aromatic N) is 3. The average Bonchev–Trinajstić information content (AvgIpc) is 2.84. The number of ether oxygens (including phenoxy) is 1. The molecule has 0 aromatic carbocycles. The van der Waals surface area contributed by atoms with Crippen molar-refractivity contribution >= 4 is 10.0 Å². The molecule has 0 spiro atoms. The van der Waals surface area contributed by atoms with Crippen LogP contribution in [0.2, 0.25) is 0 Å². The zero-order valence-corrected chi connectivity index (χ0v) is 13.6. The van der Waals surface area contributed by atoms with Crippen LogP contribution >= 0.6 is 0 Å². The maximum absolute atomic E-state index is 12.4. The predicted octanol–water partition coefficient (Wildman–Crippen LogP) is 0.997. The van der Waals surface area contributed by atoms with E-state index in [0.717, 1.165) is 12.8 Å². The standard InChI is InChI=1S/C13H23N3O4S/c1-10(19-3)9-21(17,18)16-6-4-5-12(8-16)7-13-14-11(2)20-15-13/h10,12H,4-9H2,1-3H3/t10-,12-/m0/s1. The molecule has 2 atom stereocenters. The Kier molecular flexibility index (Phi) is 5.34. The molecule has 1 aromatic rings. The smallest absolute Gasteiger partial charge is 0.223 e. The maximum Gasteiger partial charge on any atom is 0.223 e. The van der Waals surface area contributed by atoms with Gasteiger partial charge in [-0.1, -0.05) is 5.16 Å². The van der Waals surface area contributed by atoms with Gasteiger partial charge >= 0.3 is 0 Å². The van der Waals surface area contributed by atoms with E-state index in [2.05, 4.69) is 10.1 Å². The zero-order chi connectivity index (χ0) is 15.5. The average molecular weight is 317 g/mol. The van der Waals surface area contributed by atoms with E-state index in [1.54, 1.807) is 18.2 Å².